The van der Waals surface area contributed by atoms with E-state index in [1.54, 1.807) is 6.07 Å². The molecule has 1 aliphatic carbocycles. The highest BCUT2D eigenvalue weighted by atomic mass is 16.3. The van der Waals surface area contributed by atoms with Crippen LogP contribution < -0.4 is 0 Å². The molecule has 0 aromatic heterocycles. The molecule has 0 saturated carbocycles. The Morgan fingerprint density at radius 2 is 1.33 bits per heavy atom. The lowest BCUT2D eigenvalue weighted by atomic mass is 9.84. The fourth-order valence-electron chi connectivity index (χ4n) is 2.51. The highest BCUT2D eigenvalue weighted by Crippen LogP contribution is 2.44. The van der Waals surface area contributed by atoms with Gasteiger partial charge in [-0.1, -0.05) is 0 Å². The molecule has 0 amide bonds. The van der Waals surface area contributed by atoms with Gasteiger partial charge in [0.25, 0.3) is 0 Å². The molecule has 1 aliphatic rings. The van der Waals surface area contributed by atoms with Crippen LogP contribution in [0.4, 0.5) is 0 Å². The van der Waals surface area contributed by atoms with Crippen LogP contribution in [0.15, 0.2) is 24.3 Å². The third kappa shape index (κ3) is 1.46. The van der Waals surface area contributed by atoms with Crippen molar-refractivity contribution in [3.8, 4) is 34.1 Å². The van der Waals surface area contributed by atoms with Gasteiger partial charge in [0.1, 0.15) is 11.5 Å². The second-order valence-corrected chi connectivity index (χ2v) is 4.50. The van der Waals surface area contributed by atoms with Crippen LogP contribution in [0.1, 0.15) is 11.1 Å². The van der Waals surface area contributed by atoms with Gasteiger partial charge in [-0.05, 0) is 47.7 Å². The monoisotopic (exact) mass is 244 g/mol. The summed E-state index contributed by atoms with van der Waals surface area (Å²) in [5, 5.41) is 38.5. The maximum atomic E-state index is 9.94. The lowest BCUT2D eigenvalue weighted by Gasteiger charge is -2.21. The van der Waals surface area contributed by atoms with Gasteiger partial charge in [-0.15, -0.1) is 0 Å². The molecule has 0 fully saturated rings. The molecule has 0 bridgehead atoms. The minimum Gasteiger partial charge on any atom is -0.508 e. The van der Waals surface area contributed by atoms with Crippen molar-refractivity contribution < 1.29 is 20.4 Å². The second kappa shape index (κ2) is 3.57. The predicted octanol–water partition coefficient (Wildman–Crippen LogP) is 2.27. The number of benzene rings is 2. The molecule has 0 unspecified atom stereocenters. The van der Waals surface area contributed by atoms with E-state index in [0.717, 1.165) is 11.1 Å². The van der Waals surface area contributed by atoms with Crippen LogP contribution in [0, 0.1) is 0 Å². The molecule has 0 aliphatic heterocycles. The number of hydrogen-bond acceptors (Lipinski definition) is 4. The molecule has 3 rings (SSSR count). The number of aromatic hydroxyl groups is 4. The van der Waals surface area contributed by atoms with Gasteiger partial charge in [-0.2, -0.15) is 0 Å². The number of fused-ring (bicyclic) bond motifs is 3. The first-order valence-corrected chi connectivity index (χ1v) is 5.66. The van der Waals surface area contributed by atoms with E-state index in [9.17, 15) is 20.4 Å². The Hall–Kier alpha value is -2.36. The summed E-state index contributed by atoms with van der Waals surface area (Å²) in [5.74, 6) is -0.363. The normalized spacial score (nSPS) is 12.9. The zero-order chi connectivity index (χ0) is 12.9. The molecule has 0 heterocycles. The van der Waals surface area contributed by atoms with Crippen LogP contribution in [-0.2, 0) is 12.8 Å². The molecule has 0 atom stereocenters. The summed E-state index contributed by atoms with van der Waals surface area (Å²) in [6, 6.07) is 5.85. The largest absolute Gasteiger partial charge is 0.508 e. The molecular formula is C14H12O4. The SMILES string of the molecule is Oc1cc(O)c2c(c1)CCc1cc(O)c(O)cc1-2. The summed E-state index contributed by atoms with van der Waals surface area (Å²) in [4.78, 5) is 0. The van der Waals surface area contributed by atoms with Gasteiger partial charge >= 0.3 is 0 Å². The van der Waals surface area contributed by atoms with Gasteiger partial charge in [-0.25, -0.2) is 0 Å². The van der Waals surface area contributed by atoms with Crippen molar-refractivity contribution in [2.45, 2.75) is 12.8 Å². The first-order chi connectivity index (χ1) is 8.56. The molecular weight excluding hydrogens is 232 g/mol. The Morgan fingerprint density at radius 3 is 2.11 bits per heavy atom. The molecule has 4 heteroatoms. The molecule has 0 radical (unpaired) electrons. The van der Waals surface area contributed by atoms with Crippen molar-refractivity contribution in [2.24, 2.45) is 0 Å². The van der Waals surface area contributed by atoms with E-state index < -0.39 is 0 Å². The van der Waals surface area contributed by atoms with E-state index >= 15 is 0 Å². The van der Waals surface area contributed by atoms with Gasteiger partial charge in [0.15, 0.2) is 11.5 Å². The van der Waals surface area contributed by atoms with Gasteiger partial charge < -0.3 is 20.4 Å². The standard InChI is InChI=1S/C14H12O4/c15-9-3-8-2-1-7-4-11(16)12(17)6-10(7)14(8)13(18)5-9/h3-6,15-18H,1-2H2. The summed E-state index contributed by atoms with van der Waals surface area (Å²) in [6.07, 6.45) is 1.37. The zero-order valence-electron chi connectivity index (χ0n) is 9.51. The summed E-state index contributed by atoms with van der Waals surface area (Å²) < 4.78 is 0. The van der Waals surface area contributed by atoms with E-state index in [1.165, 1.54) is 18.2 Å². The number of phenolic OH excluding ortho intramolecular Hbond substituents is 4. The van der Waals surface area contributed by atoms with Crippen LogP contribution in [0.2, 0.25) is 0 Å². The fraction of sp³-hybridized carbons (Fsp3) is 0.143. The molecule has 0 spiro atoms. The van der Waals surface area contributed by atoms with Crippen molar-refractivity contribution in [1.82, 2.24) is 0 Å². The Labute approximate surface area is 103 Å². The summed E-state index contributed by atoms with van der Waals surface area (Å²) in [7, 11) is 0. The number of rotatable bonds is 0. The quantitative estimate of drug-likeness (QED) is 0.536. The first kappa shape index (κ1) is 10.8. The molecule has 2 aromatic rings. The van der Waals surface area contributed by atoms with E-state index in [4.69, 9.17) is 0 Å². The maximum Gasteiger partial charge on any atom is 0.158 e. The summed E-state index contributed by atoms with van der Waals surface area (Å²) in [5.41, 5.74) is 3.03. The highest BCUT2D eigenvalue weighted by molar-refractivity contribution is 5.81. The van der Waals surface area contributed by atoms with Gasteiger partial charge in [0.2, 0.25) is 0 Å². The van der Waals surface area contributed by atoms with Gasteiger partial charge in [-0.3, -0.25) is 0 Å². The number of hydrogen-bond donors (Lipinski definition) is 4. The van der Waals surface area contributed by atoms with Crippen LogP contribution in [0.5, 0.6) is 23.0 Å². The Bertz CT molecular complexity index is 647. The average molecular weight is 244 g/mol. The summed E-state index contributed by atoms with van der Waals surface area (Å²) >= 11 is 0. The third-order valence-corrected chi connectivity index (χ3v) is 3.32. The van der Waals surface area contributed by atoms with Crippen LogP contribution in [-0.4, -0.2) is 20.4 Å². The van der Waals surface area contributed by atoms with E-state index in [-0.39, 0.29) is 23.0 Å². The smallest absolute Gasteiger partial charge is 0.158 e. The highest BCUT2D eigenvalue weighted by Gasteiger charge is 2.22. The van der Waals surface area contributed by atoms with Crippen LogP contribution in [0.25, 0.3) is 11.1 Å². The molecule has 4 N–H and O–H groups in total. The van der Waals surface area contributed by atoms with Crippen molar-refractivity contribution in [3.05, 3.63) is 35.4 Å². The number of phenols is 4. The lowest BCUT2D eigenvalue weighted by molar-refractivity contribution is 0.403. The Kier molecular flexibility index (Phi) is 2.13. The Morgan fingerprint density at radius 1 is 0.667 bits per heavy atom. The van der Waals surface area contributed by atoms with E-state index in [1.807, 2.05) is 0 Å². The molecule has 92 valence electrons. The second-order valence-electron chi connectivity index (χ2n) is 4.50. The van der Waals surface area contributed by atoms with E-state index in [0.29, 0.717) is 24.0 Å². The lowest BCUT2D eigenvalue weighted by Crippen LogP contribution is -2.04. The first-order valence-electron chi connectivity index (χ1n) is 5.66. The van der Waals surface area contributed by atoms with Crippen molar-refractivity contribution in [1.29, 1.82) is 0 Å². The molecule has 18 heavy (non-hydrogen) atoms. The van der Waals surface area contributed by atoms with Gasteiger partial charge in [0.05, 0.1) is 0 Å². The fourth-order valence-corrected chi connectivity index (χ4v) is 2.51. The summed E-state index contributed by atoms with van der Waals surface area (Å²) in [6.45, 7) is 0. The minimum absolute atomic E-state index is 0.0176. The van der Waals surface area contributed by atoms with E-state index in [2.05, 4.69) is 0 Å². The van der Waals surface area contributed by atoms with Crippen LogP contribution >= 0.6 is 0 Å². The molecule has 2 aromatic carbocycles. The maximum absolute atomic E-state index is 9.94. The van der Waals surface area contributed by atoms with Crippen molar-refractivity contribution >= 4 is 0 Å². The zero-order valence-corrected chi connectivity index (χ0v) is 9.51. The van der Waals surface area contributed by atoms with Crippen molar-refractivity contribution in [3.63, 3.8) is 0 Å². The third-order valence-electron chi connectivity index (χ3n) is 3.32. The minimum atomic E-state index is -0.214. The van der Waals surface area contributed by atoms with Crippen molar-refractivity contribution in [2.75, 3.05) is 0 Å². The Balaban J connectivity index is 2.31. The molecule has 0 saturated heterocycles. The van der Waals surface area contributed by atoms with Crippen LogP contribution in [0.3, 0.4) is 0 Å². The number of aryl methyl sites for hydroxylation is 2. The topological polar surface area (TPSA) is 80.9 Å². The average Bonchev–Trinajstić information content (AvgIpc) is 2.30. The molecule has 4 nitrogen and oxygen atoms in total. The predicted molar refractivity (Wildman–Crippen MR) is 65.9 cm³/mol. The van der Waals surface area contributed by atoms with Gasteiger partial charge in [0, 0.05) is 11.6 Å².